The number of hydrogen-bond donors (Lipinski definition) is 2. The summed E-state index contributed by atoms with van der Waals surface area (Å²) in [6, 6.07) is 7.64. The minimum Gasteiger partial charge on any atom is -0.488 e. The van der Waals surface area contributed by atoms with Gasteiger partial charge in [-0.1, -0.05) is 32.9 Å². The molecule has 2 aromatic carbocycles. The summed E-state index contributed by atoms with van der Waals surface area (Å²) in [5.74, 6) is -0.316. The molecule has 3 heterocycles. The summed E-state index contributed by atoms with van der Waals surface area (Å²) < 4.78 is 20.6. The molecule has 6 rings (SSSR count). The van der Waals surface area contributed by atoms with Gasteiger partial charge >= 0.3 is 18.0 Å². The summed E-state index contributed by atoms with van der Waals surface area (Å²) in [5.41, 5.74) is 5.12. The zero-order valence-corrected chi connectivity index (χ0v) is 33.4. The number of aliphatic hydroxyl groups is 1. The van der Waals surface area contributed by atoms with Crippen molar-refractivity contribution >= 4 is 35.5 Å². The number of aliphatic hydroxyl groups excluding tert-OH is 1. The van der Waals surface area contributed by atoms with Gasteiger partial charge in [-0.2, -0.15) is 0 Å². The van der Waals surface area contributed by atoms with Gasteiger partial charge < -0.3 is 34.3 Å². The smallest absolute Gasteiger partial charge is 0.407 e. The topological polar surface area (TPSA) is 178 Å². The number of esters is 2. The van der Waals surface area contributed by atoms with Gasteiger partial charge in [0.15, 0.2) is 18.2 Å². The molecule has 14 nitrogen and oxygen atoms in total. The van der Waals surface area contributed by atoms with Crippen molar-refractivity contribution in [3.63, 3.8) is 0 Å². The quantitative estimate of drug-likeness (QED) is 0.198. The number of Topliss-reactive ketones (excluding diaryl/α,β-unsaturated/α-hetero) is 2. The van der Waals surface area contributed by atoms with Crippen molar-refractivity contribution in [1.29, 1.82) is 0 Å². The first kappa shape index (κ1) is 42.3. The van der Waals surface area contributed by atoms with E-state index in [0.29, 0.717) is 37.2 Å². The number of hydrogen-bond acceptors (Lipinski definition) is 12. The maximum absolute atomic E-state index is 12.8. The molecule has 6 atom stereocenters. The molecular weight excluding hydrogens is 722 g/mol. The largest absolute Gasteiger partial charge is 0.488 e. The predicted octanol–water partition coefficient (Wildman–Crippen LogP) is 4.36. The molecule has 2 saturated heterocycles. The van der Waals surface area contributed by atoms with Crippen molar-refractivity contribution in [2.24, 2.45) is 17.8 Å². The van der Waals surface area contributed by atoms with E-state index in [1.54, 1.807) is 12.1 Å². The Kier molecular flexibility index (Phi) is 13.9. The molecule has 0 radical (unpaired) electrons. The summed E-state index contributed by atoms with van der Waals surface area (Å²) in [5, 5.41) is 11.7. The van der Waals surface area contributed by atoms with Crippen LogP contribution in [0.4, 0.5) is 4.79 Å². The van der Waals surface area contributed by atoms with Gasteiger partial charge in [0.25, 0.3) is 0 Å². The minimum atomic E-state index is -0.731. The van der Waals surface area contributed by atoms with Gasteiger partial charge in [-0.15, -0.1) is 0 Å². The number of alkyl carbamates (subject to hydrolysis) is 1. The lowest BCUT2D eigenvalue weighted by Crippen LogP contribution is -2.55. The Bertz CT molecular complexity index is 1830. The fourth-order valence-corrected chi connectivity index (χ4v) is 8.14. The van der Waals surface area contributed by atoms with E-state index in [2.05, 4.69) is 16.1 Å². The highest BCUT2D eigenvalue weighted by Gasteiger charge is 2.43. The number of ketones is 2. The Labute approximate surface area is 328 Å². The van der Waals surface area contributed by atoms with Crippen LogP contribution in [-0.4, -0.2) is 116 Å². The van der Waals surface area contributed by atoms with E-state index in [4.69, 9.17) is 19.3 Å². The second-order valence-corrected chi connectivity index (χ2v) is 15.6. The molecule has 56 heavy (non-hydrogen) atoms. The standard InChI is InChI=1S/C28H31NO6.C14H24N2O5/c1-16-3-4-18-11-23-21-6-5-19(10-20(21)14-34-26(23)12-22(18)27(16)32)25(31)15-35-28(33)24-9-17(7-8-30)13-29(24)2;1-8(2)11(15-14(19)21-5)12(17)16-9(3)6-7-10(16)13(18)20-4/h5-6,10-12,16-17,24,30H,3-4,7-9,13-15H2,1-2H3;8-11H,6-7H2,1-5H3,(H,15,19)/t16?,17-,24-;9-,10-,11-/m00/s1. The first-order valence-corrected chi connectivity index (χ1v) is 19.4. The molecule has 14 heteroatoms. The highest BCUT2D eigenvalue weighted by Crippen LogP contribution is 2.42. The van der Waals surface area contributed by atoms with Crippen LogP contribution < -0.4 is 10.1 Å². The van der Waals surface area contributed by atoms with Gasteiger partial charge in [0.05, 0.1) is 14.2 Å². The number of rotatable bonds is 10. The Hall–Kier alpha value is -4.82. The van der Waals surface area contributed by atoms with Gasteiger partial charge in [-0.25, -0.2) is 9.59 Å². The molecule has 304 valence electrons. The second-order valence-electron chi connectivity index (χ2n) is 15.6. The number of likely N-dealkylation sites (tertiary alicyclic amines) is 2. The fourth-order valence-electron chi connectivity index (χ4n) is 8.14. The van der Waals surface area contributed by atoms with Crippen LogP contribution >= 0.6 is 0 Å². The first-order valence-electron chi connectivity index (χ1n) is 19.4. The van der Waals surface area contributed by atoms with Gasteiger partial charge in [-0.3, -0.25) is 24.1 Å². The maximum atomic E-state index is 12.8. The van der Waals surface area contributed by atoms with E-state index in [9.17, 15) is 28.8 Å². The number of likely N-dealkylation sites (N-methyl/N-ethyl adjacent to an activating group) is 1. The number of ether oxygens (including phenoxy) is 4. The summed E-state index contributed by atoms with van der Waals surface area (Å²) in [7, 11) is 4.41. The Morgan fingerprint density at radius 3 is 2.36 bits per heavy atom. The molecule has 2 fully saturated rings. The molecular formula is C42H55N3O11. The van der Waals surface area contributed by atoms with E-state index < -0.39 is 30.1 Å². The Morgan fingerprint density at radius 1 is 0.929 bits per heavy atom. The fraction of sp³-hybridized carbons (Fsp3) is 0.571. The van der Waals surface area contributed by atoms with E-state index in [0.717, 1.165) is 53.6 Å². The number of aryl methyl sites for hydroxylation is 1. The molecule has 4 aliphatic rings. The SMILES string of the molecule is CC1CCc2cc3c(cc2C1=O)OCc1cc(C(=O)COC(=O)[C@@H]2C[C@H](CCO)CN2C)ccc1-3.COC(=O)N[C@H](C(=O)N1[C@@H](C)CC[C@H]1C(=O)OC)C(C)C. The molecule has 1 aliphatic carbocycles. The van der Waals surface area contributed by atoms with Crippen molar-refractivity contribution in [3.05, 3.63) is 52.6 Å². The van der Waals surface area contributed by atoms with Crippen LogP contribution in [0.5, 0.6) is 5.75 Å². The minimum absolute atomic E-state index is 0.0372. The van der Waals surface area contributed by atoms with Crippen LogP contribution in [0.1, 0.15) is 91.6 Å². The van der Waals surface area contributed by atoms with Gasteiger partial charge in [0.2, 0.25) is 5.91 Å². The normalized spacial score (nSPS) is 23.1. The lowest BCUT2D eigenvalue weighted by Gasteiger charge is -2.32. The highest BCUT2D eigenvalue weighted by atomic mass is 16.5. The lowest BCUT2D eigenvalue weighted by molar-refractivity contribution is -0.153. The van der Waals surface area contributed by atoms with Crippen molar-refractivity contribution in [2.45, 2.75) is 97.0 Å². The molecule has 2 N–H and O–H groups in total. The number of amides is 2. The van der Waals surface area contributed by atoms with Crippen molar-refractivity contribution < 1.29 is 52.8 Å². The number of methoxy groups -OCH3 is 2. The summed E-state index contributed by atoms with van der Waals surface area (Å²) in [6.07, 6.45) is 3.65. The Morgan fingerprint density at radius 2 is 1.68 bits per heavy atom. The third-order valence-corrected chi connectivity index (χ3v) is 11.4. The zero-order chi connectivity index (χ0) is 40.8. The van der Waals surface area contributed by atoms with Gasteiger partial charge in [0, 0.05) is 41.8 Å². The molecule has 0 bridgehead atoms. The number of nitrogens with zero attached hydrogens (tertiary/aromatic N) is 2. The average Bonchev–Trinajstić information content (AvgIpc) is 3.77. The van der Waals surface area contributed by atoms with E-state index in [-0.39, 0.29) is 60.5 Å². The molecule has 0 saturated carbocycles. The lowest BCUT2D eigenvalue weighted by atomic mass is 9.81. The summed E-state index contributed by atoms with van der Waals surface area (Å²) in [6.45, 7) is 8.34. The number of fused-ring (bicyclic) bond motifs is 4. The molecule has 2 amide bonds. The third kappa shape index (κ3) is 9.24. The predicted molar refractivity (Wildman–Crippen MR) is 205 cm³/mol. The van der Waals surface area contributed by atoms with Crippen molar-refractivity contribution in [2.75, 3.05) is 41.0 Å². The van der Waals surface area contributed by atoms with Crippen LogP contribution in [0.15, 0.2) is 30.3 Å². The molecule has 3 aliphatic heterocycles. The number of carbonyl (C=O) groups excluding carboxylic acids is 6. The number of carbonyl (C=O) groups is 6. The number of nitrogens with one attached hydrogen (secondary N) is 1. The van der Waals surface area contributed by atoms with E-state index in [1.165, 1.54) is 19.1 Å². The first-order chi connectivity index (χ1) is 26.7. The molecule has 2 aromatic rings. The summed E-state index contributed by atoms with van der Waals surface area (Å²) in [4.78, 5) is 77.3. The van der Waals surface area contributed by atoms with Crippen LogP contribution in [0, 0.1) is 17.8 Å². The molecule has 1 unspecified atom stereocenters. The second kappa shape index (κ2) is 18.4. The van der Waals surface area contributed by atoms with E-state index >= 15 is 0 Å². The number of benzene rings is 2. The monoisotopic (exact) mass is 777 g/mol. The van der Waals surface area contributed by atoms with Crippen molar-refractivity contribution in [3.8, 4) is 16.9 Å². The van der Waals surface area contributed by atoms with Gasteiger partial charge in [-0.05, 0) is 99.2 Å². The highest BCUT2D eigenvalue weighted by molar-refractivity contribution is 6.02. The average molecular weight is 778 g/mol. The van der Waals surface area contributed by atoms with Crippen LogP contribution in [0.2, 0.25) is 0 Å². The van der Waals surface area contributed by atoms with Crippen molar-refractivity contribution in [1.82, 2.24) is 15.1 Å². The van der Waals surface area contributed by atoms with Crippen LogP contribution in [0.3, 0.4) is 0 Å². The summed E-state index contributed by atoms with van der Waals surface area (Å²) >= 11 is 0. The van der Waals surface area contributed by atoms with E-state index in [1.807, 2.05) is 51.8 Å². The third-order valence-electron chi connectivity index (χ3n) is 11.4. The zero-order valence-electron chi connectivity index (χ0n) is 33.4. The maximum Gasteiger partial charge on any atom is 0.407 e. The molecule has 0 aromatic heterocycles. The van der Waals surface area contributed by atoms with Crippen LogP contribution in [-0.2, 0) is 41.6 Å². The van der Waals surface area contributed by atoms with Crippen LogP contribution in [0.25, 0.3) is 11.1 Å². The Balaban J connectivity index is 0.000000246. The molecule has 0 spiro atoms. The van der Waals surface area contributed by atoms with Gasteiger partial charge in [0.1, 0.15) is 30.5 Å².